The number of allylic oxidation sites excluding steroid dienone is 1. The molecule has 0 aliphatic carbocycles. The summed E-state index contributed by atoms with van der Waals surface area (Å²) in [5, 5.41) is 0. The molecule has 0 aromatic carbocycles. The third-order valence-electron chi connectivity index (χ3n) is 0. The fourth-order valence-corrected chi connectivity index (χ4v) is 0. The normalized spacial score (nSPS) is 6.12. The van der Waals surface area contributed by atoms with Crippen LogP contribution in [-0.4, -0.2) is 0 Å². The summed E-state index contributed by atoms with van der Waals surface area (Å²) >= 11 is 0. The fourth-order valence-electron chi connectivity index (χ4n) is 0. The van der Waals surface area contributed by atoms with Crippen LogP contribution in [0.4, 0.5) is 0 Å². The van der Waals surface area contributed by atoms with Gasteiger partial charge < -0.3 is 0 Å². The molecule has 0 aromatic rings. The number of hydrogen-bond donors (Lipinski definition) is 0. The predicted molar refractivity (Wildman–Crippen MR) is 35.7 cm³/mol. The van der Waals surface area contributed by atoms with Gasteiger partial charge in [-0.15, -0.1) is 6.58 Å². The molecule has 0 heterocycles. The maximum absolute atomic E-state index is 3.64. The second kappa shape index (κ2) is 15.7. The Morgan fingerprint density at radius 3 is 1.38 bits per heavy atom. The van der Waals surface area contributed by atoms with Gasteiger partial charge in [-0.2, -0.15) is 0 Å². The van der Waals surface area contributed by atoms with Gasteiger partial charge in [0, 0.05) is 19.5 Å². The minimum absolute atomic E-state index is 0. The molecule has 0 spiro atoms. The summed E-state index contributed by atoms with van der Waals surface area (Å²) in [5.74, 6) is 0.583. The van der Waals surface area contributed by atoms with E-state index < -0.39 is 0 Å². The first kappa shape index (κ1) is 15.8. The topological polar surface area (TPSA) is 0 Å². The summed E-state index contributed by atoms with van der Waals surface area (Å²) in [6.45, 7) is 14.2. The first-order valence-electron chi connectivity index (χ1n) is 2.38. The molecule has 0 saturated heterocycles. The molecule has 0 atom stereocenters. The van der Waals surface area contributed by atoms with Gasteiger partial charge in [0.05, 0.1) is 0 Å². The van der Waals surface area contributed by atoms with E-state index >= 15 is 0 Å². The Bertz CT molecular complexity index is 28.6. The SMILES string of the molecule is [CH2]C(C)C.[CH2]C=C.[Zn]. The maximum atomic E-state index is 3.64. The van der Waals surface area contributed by atoms with E-state index in [1.807, 2.05) is 0 Å². The van der Waals surface area contributed by atoms with Crippen LogP contribution in [0.3, 0.4) is 0 Å². The van der Waals surface area contributed by atoms with Crippen LogP contribution in [0.15, 0.2) is 12.7 Å². The molecule has 0 aliphatic heterocycles. The van der Waals surface area contributed by atoms with Crippen molar-refractivity contribution in [3.63, 3.8) is 0 Å². The van der Waals surface area contributed by atoms with E-state index in [1.165, 1.54) is 6.08 Å². The van der Waals surface area contributed by atoms with E-state index in [2.05, 4.69) is 34.3 Å². The first-order valence-corrected chi connectivity index (χ1v) is 2.38. The number of hydrogen-bond acceptors (Lipinski definition) is 0. The van der Waals surface area contributed by atoms with Gasteiger partial charge in [0.25, 0.3) is 0 Å². The minimum atomic E-state index is 0. The van der Waals surface area contributed by atoms with Gasteiger partial charge in [0.1, 0.15) is 0 Å². The van der Waals surface area contributed by atoms with Crippen LogP contribution >= 0.6 is 0 Å². The Morgan fingerprint density at radius 2 is 1.38 bits per heavy atom. The van der Waals surface area contributed by atoms with Gasteiger partial charge in [-0.25, -0.2) is 0 Å². The van der Waals surface area contributed by atoms with Crippen molar-refractivity contribution >= 4 is 0 Å². The summed E-state index contributed by atoms with van der Waals surface area (Å²) in [4.78, 5) is 0. The minimum Gasteiger partial charge on any atom is -0.103 e. The summed E-state index contributed by atoms with van der Waals surface area (Å²) in [6.07, 6.45) is 1.50. The van der Waals surface area contributed by atoms with Crippen LogP contribution in [0.1, 0.15) is 13.8 Å². The molecular formula is C7H14Zn. The average molecular weight is 164 g/mol. The van der Waals surface area contributed by atoms with Crippen molar-refractivity contribution in [1.29, 1.82) is 0 Å². The molecular weight excluding hydrogens is 149 g/mol. The molecule has 0 rings (SSSR count). The zero-order valence-electron chi connectivity index (χ0n) is 5.98. The zero-order valence-corrected chi connectivity index (χ0v) is 8.95. The monoisotopic (exact) mass is 162 g/mol. The summed E-state index contributed by atoms with van der Waals surface area (Å²) in [6, 6.07) is 0. The van der Waals surface area contributed by atoms with Gasteiger partial charge in [-0.3, -0.25) is 0 Å². The molecule has 0 unspecified atom stereocenters. The molecule has 0 bridgehead atoms. The third-order valence-corrected chi connectivity index (χ3v) is 0. The van der Waals surface area contributed by atoms with Crippen molar-refractivity contribution in [1.82, 2.24) is 0 Å². The molecule has 44 valence electrons. The van der Waals surface area contributed by atoms with Crippen molar-refractivity contribution in [2.45, 2.75) is 13.8 Å². The molecule has 0 fully saturated rings. The summed E-state index contributed by atoms with van der Waals surface area (Å²) in [5.41, 5.74) is 0. The van der Waals surface area contributed by atoms with Gasteiger partial charge in [0.2, 0.25) is 0 Å². The second-order valence-corrected chi connectivity index (χ2v) is 1.68. The second-order valence-electron chi connectivity index (χ2n) is 1.68. The van der Waals surface area contributed by atoms with E-state index in [4.69, 9.17) is 0 Å². The predicted octanol–water partition coefficient (Wildman–Crippen LogP) is 2.48. The molecule has 2 radical (unpaired) electrons. The molecule has 0 nitrogen and oxygen atoms in total. The van der Waals surface area contributed by atoms with Crippen molar-refractivity contribution in [2.75, 3.05) is 0 Å². The van der Waals surface area contributed by atoms with Crippen LogP contribution in [0.2, 0.25) is 0 Å². The van der Waals surface area contributed by atoms with Crippen LogP contribution in [0.5, 0.6) is 0 Å². The quantitative estimate of drug-likeness (QED) is 0.482. The third kappa shape index (κ3) is 1390. The van der Waals surface area contributed by atoms with E-state index in [0.29, 0.717) is 5.92 Å². The molecule has 0 saturated carbocycles. The first-order chi connectivity index (χ1) is 3.15. The Hall–Kier alpha value is 0.363. The van der Waals surface area contributed by atoms with Crippen LogP contribution in [0, 0.1) is 19.8 Å². The van der Waals surface area contributed by atoms with Crippen molar-refractivity contribution in [3.05, 3.63) is 26.5 Å². The van der Waals surface area contributed by atoms with Crippen LogP contribution in [0.25, 0.3) is 0 Å². The smallest absolute Gasteiger partial charge is 0 e. The summed E-state index contributed by atoms with van der Waals surface area (Å²) in [7, 11) is 0. The zero-order chi connectivity index (χ0) is 6.28. The molecule has 1 heteroatoms. The van der Waals surface area contributed by atoms with Gasteiger partial charge >= 0.3 is 0 Å². The Labute approximate surface area is 66.1 Å². The standard InChI is InChI=1S/C4H9.C3H5.Zn/c1-4(2)3;1-3-2;/h4H,1H2,2-3H3;3H,1-2H2;. The Kier molecular flexibility index (Phi) is 30.9. The van der Waals surface area contributed by atoms with E-state index in [1.54, 1.807) is 0 Å². The molecule has 0 N–H and O–H groups in total. The van der Waals surface area contributed by atoms with E-state index in [-0.39, 0.29) is 19.5 Å². The molecule has 0 aliphatic rings. The Balaban J connectivity index is -0.0000000575. The number of rotatable bonds is 0. The van der Waals surface area contributed by atoms with Gasteiger partial charge in [-0.1, -0.05) is 26.8 Å². The van der Waals surface area contributed by atoms with Crippen LogP contribution < -0.4 is 0 Å². The molecule has 0 aromatic heterocycles. The van der Waals surface area contributed by atoms with Crippen molar-refractivity contribution < 1.29 is 19.5 Å². The fraction of sp³-hybridized carbons (Fsp3) is 0.429. The van der Waals surface area contributed by atoms with E-state index in [0.717, 1.165) is 0 Å². The van der Waals surface area contributed by atoms with Gasteiger partial charge in [0.15, 0.2) is 0 Å². The average Bonchev–Trinajstić information content (AvgIpc) is 1.33. The van der Waals surface area contributed by atoms with Crippen molar-refractivity contribution in [3.8, 4) is 0 Å². The largest absolute Gasteiger partial charge is 0.103 e. The Morgan fingerprint density at radius 1 is 1.38 bits per heavy atom. The van der Waals surface area contributed by atoms with Crippen molar-refractivity contribution in [2.24, 2.45) is 5.92 Å². The van der Waals surface area contributed by atoms with Crippen LogP contribution in [-0.2, 0) is 19.5 Å². The van der Waals surface area contributed by atoms with E-state index in [9.17, 15) is 0 Å². The summed E-state index contributed by atoms with van der Waals surface area (Å²) < 4.78 is 0. The maximum Gasteiger partial charge on any atom is 0 e. The molecule has 0 amide bonds. The molecule has 8 heavy (non-hydrogen) atoms. The van der Waals surface area contributed by atoms with Gasteiger partial charge in [-0.05, 0) is 12.8 Å².